The second kappa shape index (κ2) is 11.3. The molecule has 0 radical (unpaired) electrons. The van der Waals surface area contributed by atoms with Crippen LogP contribution in [0.2, 0.25) is 0 Å². The van der Waals surface area contributed by atoms with Crippen LogP contribution in [-0.4, -0.2) is 25.1 Å². The van der Waals surface area contributed by atoms with Gasteiger partial charge in [-0.1, -0.05) is 76.6 Å². The van der Waals surface area contributed by atoms with Crippen molar-refractivity contribution in [3.63, 3.8) is 0 Å². The molecule has 1 aromatic heterocycles. The van der Waals surface area contributed by atoms with E-state index in [2.05, 4.69) is 52.1 Å². The molecule has 0 aliphatic carbocycles. The Hall–Kier alpha value is -3.12. The van der Waals surface area contributed by atoms with Gasteiger partial charge in [0.25, 0.3) is 5.91 Å². The number of anilines is 1. The molecule has 0 saturated carbocycles. The van der Waals surface area contributed by atoms with Crippen molar-refractivity contribution in [2.45, 2.75) is 60.3 Å². The Bertz CT molecular complexity index is 1190. The lowest BCUT2D eigenvalue weighted by atomic mass is 9.72. The summed E-state index contributed by atoms with van der Waals surface area (Å²) in [7, 11) is 0. The first-order chi connectivity index (χ1) is 16.9. The highest BCUT2D eigenvalue weighted by molar-refractivity contribution is 7.15. The number of hydrogen-bond donors (Lipinski definition) is 1. The molecule has 0 unspecified atom stereocenters. The third-order valence-corrected chi connectivity index (χ3v) is 6.76. The fraction of sp³-hybridized carbons (Fsp3) is 0.400. The Morgan fingerprint density at radius 1 is 0.944 bits per heavy atom. The lowest BCUT2D eigenvalue weighted by Crippen LogP contribution is -2.24. The highest BCUT2D eigenvalue weighted by Gasteiger charge is 2.27. The molecule has 6 heteroatoms. The summed E-state index contributed by atoms with van der Waals surface area (Å²) < 4.78 is 11.0. The van der Waals surface area contributed by atoms with E-state index >= 15 is 0 Å². The van der Waals surface area contributed by atoms with E-state index in [9.17, 15) is 9.59 Å². The van der Waals surface area contributed by atoms with Crippen molar-refractivity contribution in [2.75, 3.05) is 18.5 Å². The van der Waals surface area contributed by atoms with Crippen LogP contribution in [-0.2, 0) is 14.9 Å². The van der Waals surface area contributed by atoms with E-state index in [-0.39, 0.29) is 30.0 Å². The zero-order valence-corrected chi connectivity index (χ0v) is 23.2. The fourth-order valence-corrected chi connectivity index (χ4v) is 5.52. The van der Waals surface area contributed by atoms with Gasteiger partial charge in [0.15, 0.2) is 6.61 Å². The standard InChI is InChI=1S/C30H37NO4S/c1-8-34-28(33)26-24(21-11-9-20(2)10-12-21)18-36-27(26)31-25(32)17-35-23-15-13-22(14-16-23)30(6,7)19-29(3,4)5/h9-16,18H,8,17,19H2,1-7H3,(H,31,32). The minimum atomic E-state index is -0.459. The van der Waals surface area contributed by atoms with E-state index in [0.717, 1.165) is 23.1 Å². The quantitative estimate of drug-likeness (QED) is 0.302. The van der Waals surface area contributed by atoms with Crippen LogP contribution in [0.4, 0.5) is 5.00 Å². The van der Waals surface area contributed by atoms with Crippen molar-refractivity contribution >= 4 is 28.2 Å². The molecule has 0 fully saturated rings. The Balaban J connectivity index is 1.69. The number of carbonyl (C=O) groups excluding carboxylic acids is 2. The molecule has 1 heterocycles. The molecule has 3 rings (SSSR count). The number of benzene rings is 2. The zero-order valence-electron chi connectivity index (χ0n) is 22.4. The molecule has 0 spiro atoms. The molecule has 5 nitrogen and oxygen atoms in total. The summed E-state index contributed by atoms with van der Waals surface area (Å²) in [6, 6.07) is 15.8. The Morgan fingerprint density at radius 3 is 2.17 bits per heavy atom. The summed E-state index contributed by atoms with van der Waals surface area (Å²) in [6.07, 6.45) is 1.05. The van der Waals surface area contributed by atoms with Gasteiger partial charge in [-0.3, -0.25) is 4.79 Å². The van der Waals surface area contributed by atoms with Crippen LogP contribution in [0.5, 0.6) is 5.75 Å². The van der Waals surface area contributed by atoms with Crippen molar-refractivity contribution in [1.29, 1.82) is 0 Å². The van der Waals surface area contributed by atoms with Crippen molar-refractivity contribution < 1.29 is 19.1 Å². The number of ether oxygens (including phenoxy) is 2. The molecule has 1 N–H and O–H groups in total. The van der Waals surface area contributed by atoms with Crippen molar-refractivity contribution in [3.8, 4) is 16.9 Å². The number of hydrogen-bond acceptors (Lipinski definition) is 5. The molecular weight excluding hydrogens is 470 g/mol. The Morgan fingerprint density at radius 2 is 1.58 bits per heavy atom. The van der Waals surface area contributed by atoms with Crippen LogP contribution in [0.25, 0.3) is 11.1 Å². The molecule has 1 amide bonds. The van der Waals surface area contributed by atoms with E-state index in [0.29, 0.717) is 16.3 Å². The monoisotopic (exact) mass is 507 g/mol. The van der Waals surface area contributed by atoms with Crippen molar-refractivity contribution in [2.24, 2.45) is 5.41 Å². The summed E-state index contributed by atoms with van der Waals surface area (Å²) >= 11 is 1.30. The van der Waals surface area contributed by atoms with Gasteiger partial charge in [-0.2, -0.15) is 0 Å². The first kappa shape index (κ1) is 27.5. The molecule has 0 atom stereocenters. The summed E-state index contributed by atoms with van der Waals surface area (Å²) in [5.74, 6) is -0.174. The van der Waals surface area contributed by atoms with Crippen molar-refractivity contribution in [1.82, 2.24) is 0 Å². The van der Waals surface area contributed by atoms with Crippen molar-refractivity contribution in [3.05, 3.63) is 70.6 Å². The number of nitrogens with one attached hydrogen (secondary N) is 1. The molecule has 192 valence electrons. The van der Waals surface area contributed by atoms with Gasteiger partial charge in [0.2, 0.25) is 0 Å². The van der Waals surface area contributed by atoms with Gasteiger partial charge >= 0.3 is 5.97 Å². The number of esters is 1. The van der Waals surface area contributed by atoms with Crippen LogP contribution in [0.15, 0.2) is 53.9 Å². The van der Waals surface area contributed by atoms with E-state index in [1.807, 2.05) is 48.7 Å². The molecule has 0 bridgehead atoms. The van der Waals surface area contributed by atoms with Crippen LogP contribution in [0.1, 0.15) is 69.4 Å². The summed E-state index contributed by atoms with van der Waals surface area (Å²) in [6.45, 7) is 15.1. The Labute approximate surface area is 218 Å². The number of thiophene rings is 1. The topological polar surface area (TPSA) is 64.6 Å². The van der Waals surface area contributed by atoms with Crippen LogP contribution < -0.4 is 10.1 Å². The summed E-state index contributed by atoms with van der Waals surface area (Å²) in [4.78, 5) is 25.5. The fourth-order valence-electron chi connectivity index (χ4n) is 4.54. The van der Waals surface area contributed by atoms with Gasteiger partial charge in [0.1, 0.15) is 16.3 Å². The average molecular weight is 508 g/mol. The second-order valence-electron chi connectivity index (χ2n) is 10.9. The van der Waals surface area contributed by atoms with E-state index in [1.54, 1.807) is 6.92 Å². The number of amides is 1. The number of aryl methyl sites for hydroxylation is 1. The molecule has 0 aliphatic heterocycles. The normalized spacial score (nSPS) is 11.8. The molecular formula is C30H37NO4S. The van der Waals surface area contributed by atoms with E-state index in [4.69, 9.17) is 9.47 Å². The van der Waals surface area contributed by atoms with Crippen LogP contribution in [0.3, 0.4) is 0 Å². The maximum absolute atomic E-state index is 12.8. The van der Waals surface area contributed by atoms with Crippen LogP contribution in [0, 0.1) is 12.3 Å². The molecule has 36 heavy (non-hydrogen) atoms. The third-order valence-electron chi connectivity index (χ3n) is 5.86. The minimum absolute atomic E-state index is 0.0337. The smallest absolute Gasteiger partial charge is 0.341 e. The second-order valence-corrected chi connectivity index (χ2v) is 11.8. The lowest BCUT2D eigenvalue weighted by Gasteiger charge is -2.33. The maximum Gasteiger partial charge on any atom is 0.341 e. The van der Waals surface area contributed by atoms with Gasteiger partial charge in [-0.25, -0.2) is 4.79 Å². The van der Waals surface area contributed by atoms with Gasteiger partial charge in [0, 0.05) is 10.9 Å². The molecule has 0 saturated heterocycles. The lowest BCUT2D eigenvalue weighted by molar-refractivity contribution is -0.118. The van der Waals surface area contributed by atoms with Crippen LogP contribution >= 0.6 is 11.3 Å². The maximum atomic E-state index is 12.8. The van der Waals surface area contributed by atoms with E-state index < -0.39 is 5.97 Å². The first-order valence-corrected chi connectivity index (χ1v) is 13.2. The zero-order chi connectivity index (χ0) is 26.5. The summed E-state index contributed by atoms with van der Waals surface area (Å²) in [5.41, 5.74) is 4.61. The summed E-state index contributed by atoms with van der Waals surface area (Å²) in [5, 5.41) is 5.16. The third kappa shape index (κ3) is 7.20. The molecule has 3 aromatic rings. The van der Waals surface area contributed by atoms with Gasteiger partial charge in [-0.15, -0.1) is 11.3 Å². The average Bonchev–Trinajstić information content (AvgIpc) is 3.20. The molecule has 2 aromatic carbocycles. The largest absolute Gasteiger partial charge is 0.484 e. The van der Waals surface area contributed by atoms with Gasteiger partial charge < -0.3 is 14.8 Å². The van der Waals surface area contributed by atoms with Gasteiger partial charge in [-0.05, 0) is 54.4 Å². The predicted molar refractivity (Wildman–Crippen MR) is 148 cm³/mol. The SMILES string of the molecule is CCOC(=O)c1c(-c2ccc(C)cc2)csc1NC(=O)COc1ccc(C(C)(C)CC(C)(C)C)cc1. The molecule has 0 aliphatic rings. The highest BCUT2D eigenvalue weighted by atomic mass is 32.1. The highest BCUT2D eigenvalue weighted by Crippen LogP contribution is 2.37. The first-order valence-electron chi connectivity index (χ1n) is 12.3. The predicted octanol–water partition coefficient (Wildman–Crippen LogP) is 7.63. The van der Waals surface area contributed by atoms with Gasteiger partial charge in [0.05, 0.1) is 6.61 Å². The number of rotatable bonds is 9. The minimum Gasteiger partial charge on any atom is -0.484 e. The number of carbonyl (C=O) groups is 2. The Kier molecular flexibility index (Phi) is 8.62. The van der Waals surface area contributed by atoms with E-state index in [1.165, 1.54) is 16.9 Å².